The van der Waals surface area contributed by atoms with Crippen molar-refractivity contribution < 1.29 is 9.59 Å². The van der Waals surface area contributed by atoms with Gasteiger partial charge < -0.3 is 10.6 Å². The van der Waals surface area contributed by atoms with E-state index in [1.54, 1.807) is 0 Å². The van der Waals surface area contributed by atoms with Crippen LogP contribution in [0, 0.1) is 0 Å². The summed E-state index contributed by atoms with van der Waals surface area (Å²) in [5, 5.41) is 5.30. The van der Waals surface area contributed by atoms with Gasteiger partial charge in [-0.2, -0.15) is 0 Å². The smallest absolute Gasteiger partial charge is 0.309 e. The van der Waals surface area contributed by atoms with Gasteiger partial charge in [0.25, 0.3) is 0 Å². The molecule has 4 nitrogen and oxygen atoms in total. The van der Waals surface area contributed by atoms with Crippen molar-refractivity contribution in [2.75, 3.05) is 6.54 Å². The summed E-state index contributed by atoms with van der Waals surface area (Å²) in [5.41, 5.74) is 0. The van der Waals surface area contributed by atoms with Gasteiger partial charge in [-0.15, -0.1) is 0 Å². The second kappa shape index (κ2) is 11.1. The molecule has 0 spiro atoms. The number of hydrogen-bond acceptors (Lipinski definition) is 2. The van der Waals surface area contributed by atoms with Gasteiger partial charge in [0, 0.05) is 12.6 Å². The Hall–Kier alpha value is -1.06. The molecule has 0 aliphatic heterocycles. The molecular formula is C14H28N2O2. The second-order valence-electron chi connectivity index (χ2n) is 4.81. The Kier molecular flexibility index (Phi) is 10.4. The van der Waals surface area contributed by atoms with Crippen LogP contribution in [-0.4, -0.2) is 24.4 Å². The molecule has 1 atom stereocenters. The lowest BCUT2D eigenvalue weighted by Gasteiger charge is -2.11. The summed E-state index contributed by atoms with van der Waals surface area (Å²) >= 11 is 0. The monoisotopic (exact) mass is 256 g/mol. The lowest BCUT2D eigenvalue weighted by atomic mass is 10.1. The molecule has 18 heavy (non-hydrogen) atoms. The molecule has 0 aromatic carbocycles. The molecule has 0 heterocycles. The van der Waals surface area contributed by atoms with Crippen LogP contribution in [0.5, 0.6) is 0 Å². The van der Waals surface area contributed by atoms with E-state index >= 15 is 0 Å². The molecule has 0 bridgehead atoms. The number of rotatable bonds is 9. The van der Waals surface area contributed by atoms with Crippen LogP contribution in [0.2, 0.25) is 0 Å². The maximum atomic E-state index is 11.4. The fraction of sp³-hybridized carbons (Fsp3) is 0.857. The third-order valence-electron chi connectivity index (χ3n) is 3.01. The zero-order chi connectivity index (χ0) is 13.8. The van der Waals surface area contributed by atoms with Crippen molar-refractivity contribution in [3.8, 4) is 0 Å². The molecule has 106 valence electrons. The normalized spacial score (nSPS) is 11.9. The Labute approximate surface area is 111 Å². The molecule has 2 N–H and O–H groups in total. The fourth-order valence-corrected chi connectivity index (χ4v) is 1.58. The molecule has 0 aliphatic carbocycles. The Bertz CT molecular complexity index is 242. The van der Waals surface area contributed by atoms with Gasteiger partial charge in [0.2, 0.25) is 0 Å². The molecule has 0 saturated heterocycles. The van der Waals surface area contributed by atoms with Crippen LogP contribution in [0.1, 0.15) is 65.7 Å². The van der Waals surface area contributed by atoms with Crippen LogP contribution in [0.25, 0.3) is 0 Å². The minimum Gasteiger partial charge on any atom is -0.348 e. The Morgan fingerprint density at radius 3 is 2.17 bits per heavy atom. The molecular weight excluding hydrogens is 228 g/mol. The van der Waals surface area contributed by atoms with Gasteiger partial charge in [-0.25, -0.2) is 0 Å². The highest BCUT2D eigenvalue weighted by molar-refractivity contribution is 6.35. The zero-order valence-corrected chi connectivity index (χ0v) is 12.1. The molecule has 0 aromatic rings. The first-order valence-corrected chi connectivity index (χ1v) is 7.20. The molecule has 0 aromatic heterocycles. The van der Waals surface area contributed by atoms with Crippen molar-refractivity contribution in [2.45, 2.75) is 71.8 Å². The molecule has 0 aliphatic rings. The van der Waals surface area contributed by atoms with E-state index in [1.165, 1.54) is 25.7 Å². The Morgan fingerprint density at radius 2 is 1.56 bits per heavy atom. The van der Waals surface area contributed by atoms with Crippen LogP contribution in [0.3, 0.4) is 0 Å². The van der Waals surface area contributed by atoms with Crippen LogP contribution >= 0.6 is 0 Å². The molecule has 4 heteroatoms. The minimum atomic E-state index is -0.518. The summed E-state index contributed by atoms with van der Waals surface area (Å²) in [7, 11) is 0. The van der Waals surface area contributed by atoms with E-state index in [9.17, 15) is 9.59 Å². The number of amides is 2. The number of nitrogens with one attached hydrogen (secondary N) is 2. The van der Waals surface area contributed by atoms with Crippen LogP contribution in [0.4, 0.5) is 0 Å². The fourth-order valence-electron chi connectivity index (χ4n) is 1.58. The van der Waals surface area contributed by atoms with E-state index in [0.29, 0.717) is 6.54 Å². The van der Waals surface area contributed by atoms with Crippen LogP contribution in [-0.2, 0) is 9.59 Å². The molecule has 0 fully saturated rings. The van der Waals surface area contributed by atoms with Gasteiger partial charge >= 0.3 is 11.8 Å². The van der Waals surface area contributed by atoms with Gasteiger partial charge in [-0.1, -0.05) is 46.0 Å². The first-order valence-electron chi connectivity index (χ1n) is 7.20. The van der Waals surface area contributed by atoms with E-state index < -0.39 is 11.8 Å². The highest BCUT2D eigenvalue weighted by Gasteiger charge is 2.13. The SMILES string of the molecule is CCCCCCCCNC(=O)C(=O)N[C@@H](C)CC. The average molecular weight is 256 g/mol. The van der Waals surface area contributed by atoms with Gasteiger partial charge in [-0.05, 0) is 19.8 Å². The third-order valence-corrected chi connectivity index (χ3v) is 3.01. The number of hydrogen-bond donors (Lipinski definition) is 2. The summed E-state index contributed by atoms with van der Waals surface area (Å²) in [6.45, 7) is 6.65. The van der Waals surface area contributed by atoms with Crippen LogP contribution < -0.4 is 10.6 Å². The lowest BCUT2D eigenvalue weighted by Crippen LogP contribution is -2.43. The molecule has 0 radical (unpaired) electrons. The van der Waals surface area contributed by atoms with E-state index in [1.807, 2.05) is 13.8 Å². The first-order chi connectivity index (χ1) is 8.61. The summed E-state index contributed by atoms with van der Waals surface area (Å²) in [5.74, 6) is -1.03. The lowest BCUT2D eigenvalue weighted by molar-refractivity contribution is -0.139. The van der Waals surface area contributed by atoms with E-state index in [4.69, 9.17) is 0 Å². The number of carbonyl (C=O) groups excluding carboxylic acids is 2. The standard InChI is InChI=1S/C14H28N2O2/c1-4-6-7-8-9-10-11-15-13(17)14(18)16-12(3)5-2/h12H,4-11H2,1-3H3,(H,15,17)(H,16,18)/t12-/m0/s1. The molecule has 0 rings (SSSR count). The highest BCUT2D eigenvalue weighted by atomic mass is 16.2. The molecule has 0 unspecified atom stereocenters. The van der Waals surface area contributed by atoms with Gasteiger partial charge in [0.15, 0.2) is 0 Å². The maximum absolute atomic E-state index is 11.4. The molecule has 2 amide bonds. The minimum absolute atomic E-state index is 0.0530. The summed E-state index contributed by atoms with van der Waals surface area (Å²) in [4.78, 5) is 22.8. The summed E-state index contributed by atoms with van der Waals surface area (Å²) < 4.78 is 0. The first kappa shape index (κ1) is 16.9. The van der Waals surface area contributed by atoms with Gasteiger partial charge in [0.05, 0.1) is 0 Å². The Morgan fingerprint density at radius 1 is 0.944 bits per heavy atom. The predicted octanol–water partition coefficient (Wildman–Crippen LogP) is 2.38. The Balaban J connectivity index is 3.49. The van der Waals surface area contributed by atoms with E-state index in [0.717, 1.165) is 19.3 Å². The van der Waals surface area contributed by atoms with Crippen molar-refractivity contribution in [1.29, 1.82) is 0 Å². The van der Waals surface area contributed by atoms with Crippen molar-refractivity contribution in [1.82, 2.24) is 10.6 Å². The average Bonchev–Trinajstić information content (AvgIpc) is 2.37. The molecule has 0 saturated carbocycles. The quantitative estimate of drug-likeness (QED) is 0.491. The largest absolute Gasteiger partial charge is 0.348 e. The number of carbonyl (C=O) groups is 2. The van der Waals surface area contributed by atoms with Gasteiger partial charge in [-0.3, -0.25) is 9.59 Å². The topological polar surface area (TPSA) is 58.2 Å². The van der Waals surface area contributed by atoms with Crippen LogP contribution in [0.15, 0.2) is 0 Å². The third kappa shape index (κ3) is 9.02. The summed E-state index contributed by atoms with van der Waals surface area (Å²) in [6.07, 6.45) is 7.90. The van der Waals surface area contributed by atoms with Crippen molar-refractivity contribution in [2.24, 2.45) is 0 Å². The van der Waals surface area contributed by atoms with E-state index in [-0.39, 0.29) is 6.04 Å². The van der Waals surface area contributed by atoms with Crippen molar-refractivity contribution in [3.05, 3.63) is 0 Å². The van der Waals surface area contributed by atoms with Crippen molar-refractivity contribution >= 4 is 11.8 Å². The van der Waals surface area contributed by atoms with Crippen molar-refractivity contribution in [3.63, 3.8) is 0 Å². The van der Waals surface area contributed by atoms with Gasteiger partial charge in [0.1, 0.15) is 0 Å². The second-order valence-corrected chi connectivity index (χ2v) is 4.81. The highest BCUT2D eigenvalue weighted by Crippen LogP contribution is 2.03. The number of unbranched alkanes of at least 4 members (excludes halogenated alkanes) is 5. The summed E-state index contributed by atoms with van der Waals surface area (Å²) in [6, 6.07) is 0.0530. The zero-order valence-electron chi connectivity index (χ0n) is 12.1. The maximum Gasteiger partial charge on any atom is 0.309 e. The predicted molar refractivity (Wildman–Crippen MR) is 74.3 cm³/mol. The van der Waals surface area contributed by atoms with E-state index in [2.05, 4.69) is 17.6 Å².